The minimum absolute atomic E-state index is 0.0383. The second-order valence-corrected chi connectivity index (χ2v) is 24.5. The van der Waals surface area contributed by atoms with E-state index < -0.39 is 31.4 Å². The molecule has 1 spiro atoms. The standard InChI is InChI=1S/C56H70N8O9S/c1-35(2)42-8-5-6-9-43(42)46-10-7-22-63(46)40-30-56(31-40)18-23-62(24-19-56)39-11-12-44(48(27-39)73-50-26-37-15-20-58-52(37)60-54(50)72-33-38-32-70-25-21-57-38)53(65)61-74(68,69)41-28-47(64(66)67)51-49(29-41)71-34-45(59-51)36-13-16-55(3,4)17-14-36/h5-6,8-9,11-12,15,20,26-29,35-36,38,40,45-46,57,59H,7,10,13-14,16-19,21-25,30-34H2,1-4H3,(H,58,60)(H,61,65)/t38-,45+,46+/m0/s1. The predicted octanol–water partition coefficient (Wildman–Crippen LogP) is 9.85. The van der Waals surface area contributed by atoms with E-state index in [1.807, 2.05) is 12.1 Å². The molecule has 0 unspecified atom stereocenters. The number of nitro groups is 1. The fourth-order valence-electron chi connectivity index (χ4n) is 12.7. The number of amides is 1. The number of likely N-dealkylation sites (tertiary alicyclic amines) is 1. The lowest BCUT2D eigenvalue weighted by molar-refractivity contribution is -0.384. The number of piperidine rings is 1. The van der Waals surface area contributed by atoms with Crippen molar-refractivity contribution in [1.82, 2.24) is 24.9 Å². The summed E-state index contributed by atoms with van der Waals surface area (Å²) in [4.78, 5) is 38.9. The molecule has 6 heterocycles. The van der Waals surface area contributed by atoms with Crippen LogP contribution in [0.25, 0.3) is 11.0 Å². The Morgan fingerprint density at radius 1 is 0.973 bits per heavy atom. The van der Waals surface area contributed by atoms with Crippen LogP contribution in [0.3, 0.4) is 0 Å². The summed E-state index contributed by atoms with van der Waals surface area (Å²) in [7, 11) is -4.70. The van der Waals surface area contributed by atoms with Crippen molar-refractivity contribution >= 4 is 44.0 Å². The Morgan fingerprint density at radius 3 is 2.53 bits per heavy atom. The van der Waals surface area contributed by atoms with E-state index in [9.17, 15) is 23.3 Å². The Kier molecular flexibility index (Phi) is 13.8. The molecule has 0 bridgehead atoms. The molecule has 4 aliphatic heterocycles. The van der Waals surface area contributed by atoms with E-state index in [4.69, 9.17) is 23.9 Å². The lowest BCUT2D eigenvalue weighted by atomic mass is 9.59. The highest BCUT2D eigenvalue weighted by molar-refractivity contribution is 7.90. The number of pyridine rings is 1. The average molecular weight is 1030 g/mol. The number of rotatable bonds is 14. The summed E-state index contributed by atoms with van der Waals surface area (Å²) in [5.41, 5.74) is 4.46. The van der Waals surface area contributed by atoms with Gasteiger partial charge in [0, 0.05) is 67.2 Å². The first-order valence-corrected chi connectivity index (χ1v) is 28.2. The zero-order chi connectivity index (χ0) is 51.4. The van der Waals surface area contributed by atoms with Gasteiger partial charge >= 0.3 is 0 Å². The zero-order valence-corrected chi connectivity index (χ0v) is 43.8. The van der Waals surface area contributed by atoms with Crippen LogP contribution in [0, 0.1) is 26.9 Å². The molecule has 2 saturated carbocycles. The molecule has 2 aromatic heterocycles. The van der Waals surface area contributed by atoms with Crippen molar-refractivity contribution in [1.29, 1.82) is 0 Å². The van der Waals surface area contributed by atoms with Crippen LogP contribution in [0.2, 0.25) is 0 Å². The number of fused-ring (bicyclic) bond motifs is 2. The third-order valence-corrected chi connectivity index (χ3v) is 18.4. The van der Waals surface area contributed by atoms with Crippen molar-refractivity contribution in [3.8, 4) is 23.1 Å². The predicted molar refractivity (Wildman–Crippen MR) is 283 cm³/mol. The normalized spacial score (nSPS) is 23.2. The minimum Gasteiger partial charge on any atom is -0.489 e. The number of morpholine rings is 1. The second kappa shape index (κ2) is 20.3. The molecule has 74 heavy (non-hydrogen) atoms. The van der Waals surface area contributed by atoms with Gasteiger partial charge in [-0.2, -0.15) is 4.98 Å². The summed E-state index contributed by atoms with van der Waals surface area (Å²) in [5.74, 6) is 0.272. The number of anilines is 2. The van der Waals surface area contributed by atoms with Gasteiger partial charge < -0.3 is 39.5 Å². The minimum atomic E-state index is -4.70. The van der Waals surface area contributed by atoms with E-state index in [1.54, 1.807) is 24.4 Å². The molecule has 3 atom stereocenters. The number of nitrogens with zero attached hydrogens (tertiary/aromatic N) is 4. The Morgan fingerprint density at radius 2 is 1.77 bits per heavy atom. The smallest absolute Gasteiger partial charge is 0.297 e. The van der Waals surface area contributed by atoms with Crippen molar-refractivity contribution in [2.24, 2.45) is 16.7 Å². The zero-order valence-electron chi connectivity index (χ0n) is 43.0. The van der Waals surface area contributed by atoms with Crippen LogP contribution >= 0.6 is 0 Å². The molecule has 5 aromatic rings. The summed E-state index contributed by atoms with van der Waals surface area (Å²) in [6.45, 7) is 14.0. The van der Waals surface area contributed by atoms with Crippen molar-refractivity contribution in [3.63, 3.8) is 0 Å². The number of carbonyl (C=O) groups excluding carboxylic acids is 1. The molecule has 3 aromatic carbocycles. The molecule has 17 nitrogen and oxygen atoms in total. The first-order valence-electron chi connectivity index (χ1n) is 26.7. The van der Waals surface area contributed by atoms with Gasteiger partial charge in [0.25, 0.3) is 27.5 Å². The molecule has 2 aliphatic carbocycles. The molecule has 394 valence electrons. The van der Waals surface area contributed by atoms with E-state index in [1.165, 1.54) is 42.9 Å². The summed E-state index contributed by atoms with van der Waals surface area (Å²) in [6, 6.07) is 20.8. The fourth-order valence-corrected chi connectivity index (χ4v) is 13.7. The highest BCUT2D eigenvalue weighted by Gasteiger charge is 2.50. The SMILES string of the molecule is CC(C)c1ccccc1[C@H]1CCCN1C1CC2(CCN(c3ccc(C(=O)NS(=O)(=O)c4cc5c(c([N+](=O)[O-])c4)N[C@@H](C4CCC(C)(C)CC4)CO5)c(Oc4cc5cc[nH]c5nc4OC[C@@H]4COCCN4)c3)CC2)C1. The number of nitro benzene ring substituents is 1. The fraction of sp³-hybridized carbons (Fsp3) is 0.536. The van der Waals surface area contributed by atoms with Crippen molar-refractivity contribution in [2.75, 3.05) is 62.8 Å². The molecule has 3 saturated heterocycles. The van der Waals surface area contributed by atoms with Crippen LogP contribution in [0.5, 0.6) is 23.1 Å². The van der Waals surface area contributed by atoms with E-state index in [2.05, 4.69) is 82.1 Å². The Bertz CT molecular complexity index is 3000. The molecule has 18 heteroatoms. The van der Waals surface area contributed by atoms with Gasteiger partial charge in [0.05, 0.1) is 40.7 Å². The molecule has 5 fully saturated rings. The molecule has 0 radical (unpaired) electrons. The van der Waals surface area contributed by atoms with Gasteiger partial charge in [-0.05, 0) is 129 Å². The van der Waals surface area contributed by atoms with E-state index >= 15 is 0 Å². The first kappa shape index (κ1) is 50.2. The number of H-pyrrole nitrogens is 1. The quantitative estimate of drug-likeness (QED) is 0.0605. The topological polar surface area (TPSA) is 203 Å². The van der Waals surface area contributed by atoms with E-state index in [0.717, 1.165) is 75.3 Å². The number of ether oxygens (including phenoxy) is 4. The van der Waals surface area contributed by atoms with Gasteiger partial charge in [0.15, 0.2) is 17.2 Å². The third-order valence-electron chi connectivity index (χ3n) is 17.1. The van der Waals surface area contributed by atoms with Crippen LogP contribution < -0.4 is 34.5 Å². The molecule has 4 N–H and O–H groups in total. The lowest BCUT2D eigenvalue weighted by Gasteiger charge is -2.56. The Labute approximate surface area is 433 Å². The van der Waals surface area contributed by atoms with Crippen molar-refractivity contribution in [3.05, 3.63) is 99.7 Å². The molecule has 1 amide bonds. The van der Waals surface area contributed by atoms with Crippen LogP contribution in [0.15, 0.2) is 77.8 Å². The van der Waals surface area contributed by atoms with Gasteiger partial charge in [-0.1, -0.05) is 52.0 Å². The van der Waals surface area contributed by atoms with E-state index in [-0.39, 0.29) is 76.4 Å². The van der Waals surface area contributed by atoms with Crippen molar-refractivity contribution in [2.45, 2.75) is 127 Å². The molecular formula is C56H70N8O9S. The number of benzene rings is 3. The highest BCUT2D eigenvalue weighted by Crippen LogP contribution is 2.55. The van der Waals surface area contributed by atoms with Gasteiger partial charge in [0.2, 0.25) is 0 Å². The first-order chi connectivity index (χ1) is 35.6. The average Bonchev–Trinajstić information content (AvgIpc) is 4.07. The lowest BCUT2D eigenvalue weighted by Crippen LogP contribution is -2.54. The number of hydrogen-bond acceptors (Lipinski definition) is 14. The van der Waals surface area contributed by atoms with Crippen LogP contribution in [-0.4, -0.2) is 105 Å². The van der Waals surface area contributed by atoms with E-state index in [0.29, 0.717) is 43.4 Å². The molecular weight excluding hydrogens is 961 g/mol. The van der Waals surface area contributed by atoms with Gasteiger partial charge in [-0.25, -0.2) is 13.1 Å². The Balaban J connectivity index is 0.843. The maximum atomic E-state index is 14.5. The Hall–Kier alpha value is -5.95. The summed E-state index contributed by atoms with van der Waals surface area (Å²) >= 11 is 0. The monoisotopic (exact) mass is 1030 g/mol. The largest absolute Gasteiger partial charge is 0.489 e. The van der Waals surface area contributed by atoms with Crippen LogP contribution in [0.4, 0.5) is 17.1 Å². The number of aromatic nitrogens is 2. The van der Waals surface area contributed by atoms with Crippen molar-refractivity contribution < 1.29 is 37.1 Å². The maximum absolute atomic E-state index is 14.5. The number of sulfonamides is 1. The maximum Gasteiger partial charge on any atom is 0.297 e. The highest BCUT2D eigenvalue weighted by atomic mass is 32.2. The van der Waals surface area contributed by atoms with Crippen LogP contribution in [-0.2, 0) is 14.8 Å². The number of nitrogens with one attached hydrogen (secondary N) is 4. The number of carbonyl (C=O) groups is 1. The van der Waals surface area contributed by atoms with Gasteiger partial charge in [-0.3, -0.25) is 19.8 Å². The van der Waals surface area contributed by atoms with Gasteiger partial charge in [-0.15, -0.1) is 0 Å². The summed E-state index contributed by atoms with van der Waals surface area (Å²) < 4.78 is 55.4. The molecule has 11 rings (SSSR count). The number of hydrogen-bond donors (Lipinski definition) is 4. The van der Waals surface area contributed by atoms with Gasteiger partial charge in [0.1, 0.15) is 24.6 Å². The second-order valence-electron chi connectivity index (χ2n) is 22.8. The summed E-state index contributed by atoms with van der Waals surface area (Å²) in [5, 5.41) is 20.0. The molecule has 6 aliphatic rings. The summed E-state index contributed by atoms with van der Waals surface area (Å²) in [6.07, 6.45) is 12.6. The third kappa shape index (κ3) is 10.3. The number of aromatic amines is 1. The van der Waals surface area contributed by atoms with Crippen LogP contribution in [0.1, 0.15) is 125 Å².